The molecule has 0 N–H and O–H groups in total. The lowest BCUT2D eigenvalue weighted by Crippen LogP contribution is -1.97. The fourth-order valence-electron chi connectivity index (χ4n) is 1.34. The van der Waals surface area contributed by atoms with Gasteiger partial charge in [0, 0.05) is 17.0 Å². The summed E-state index contributed by atoms with van der Waals surface area (Å²) in [4.78, 5) is 22.0. The van der Waals surface area contributed by atoms with Crippen molar-refractivity contribution in [2.45, 2.75) is 9.99 Å². The molecule has 0 saturated carbocycles. The smallest absolute Gasteiger partial charge is 0.374 e. The van der Waals surface area contributed by atoms with Crippen LogP contribution < -0.4 is 0 Å². The van der Waals surface area contributed by atoms with Crippen LogP contribution in [0.5, 0.6) is 0 Å². The fraction of sp³-hybridized carbons (Fsp3) is 0.0833. The van der Waals surface area contributed by atoms with Crippen LogP contribution in [0.15, 0.2) is 50.8 Å². The third-order valence-electron chi connectivity index (χ3n) is 2.23. The predicted octanol–water partition coefficient (Wildman–Crippen LogP) is 3.13. The van der Waals surface area contributed by atoms with E-state index >= 15 is 0 Å². The number of nitrogens with zero attached hydrogens (tertiary/aromatic N) is 1. The summed E-state index contributed by atoms with van der Waals surface area (Å²) < 4.78 is 9.80. The van der Waals surface area contributed by atoms with Crippen LogP contribution in [0.2, 0.25) is 0 Å². The molecule has 0 aliphatic rings. The van der Waals surface area contributed by atoms with Crippen molar-refractivity contribution >= 4 is 23.4 Å². The Morgan fingerprint density at radius 3 is 2.53 bits per heavy atom. The van der Waals surface area contributed by atoms with Crippen LogP contribution >= 0.6 is 11.8 Å². The number of non-ortho nitro benzene ring substituents is 1. The quantitative estimate of drug-likeness (QED) is 0.485. The second kappa shape index (κ2) is 5.57. The zero-order chi connectivity index (χ0) is 13.8. The third kappa shape index (κ3) is 3.14. The number of hydrogen-bond acceptors (Lipinski definition) is 6. The van der Waals surface area contributed by atoms with Crippen molar-refractivity contribution in [3.8, 4) is 0 Å². The molecule has 1 heterocycles. The van der Waals surface area contributed by atoms with Crippen molar-refractivity contribution < 1.29 is 18.9 Å². The van der Waals surface area contributed by atoms with Crippen molar-refractivity contribution in [1.29, 1.82) is 0 Å². The molecule has 0 spiro atoms. The van der Waals surface area contributed by atoms with Gasteiger partial charge in [0.2, 0.25) is 5.76 Å². The Morgan fingerprint density at radius 2 is 1.95 bits per heavy atom. The molecule has 7 heteroatoms. The summed E-state index contributed by atoms with van der Waals surface area (Å²) in [5.41, 5.74) is 0.0269. The van der Waals surface area contributed by atoms with Crippen LogP contribution in [-0.2, 0) is 4.74 Å². The Balaban J connectivity index is 2.10. The number of furan rings is 1. The van der Waals surface area contributed by atoms with E-state index in [9.17, 15) is 14.9 Å². The second-order valence-electron chi connectivity index (χ2n) is 3.46. The van der Waals surface area contributed by atoms with Crippen LogP contribution in [0.3, 0.4) is 0 Å². The summed E-state index contributed by atoms with van der Waals surface area (Å²) in [6.45, 7) is 0. The number of benzene rings is 1. The molecular formula is C12H9NO5S. The maximum absolute atomic E-state index is 11.2. The highest BCUT2D eigenvalue weighted by Crippen LogP contribution is 2.30. The van der Waals surface area contributed by atoms with Crippen LogP contribution in [0.1, 0.15) is 10.6 Å². The number of hydrogen-bond donors (Lipinski definition) is 0. The first kappa shape index (κ1) is 13.2. The standard InChI is InChI=1S/C12H9NO5S/c1-17-12(14)10-6-7-11(18-10)19-9-4-2-8(3-5-9)13(15)16/h2-7H,1H3. The van der Waals surface area contributed by atoms with Gasteiger partial charge in [0.05, 0.1) is 12.0 Å². The van der Waals surface area contributed by atoms with Crippen molar-refractivity contribution in [1.82, 2.24) is 0 Å². The van der Waals surface area contributed by atoms with Gasteiger partial charge in [0.1, 0.15) is 0 Å². The molecule has 0 aliphatic heterocycles. The van der Waals surface area contributed by atoms with Crippen molar-refractivity contribution in [2.75, 3.05) is 7.11 Å². The van der Waals surface area contributed by atoms with Gasteiger partial charge in [0.15, 0.2) is 5.09 Å². The monoisotopic (exact) mass is 279 g/mol. The zero-order valence-electron chi connectivity index (χ0n) is 9.86. The summed E-state index contributed by atoms with van der Waals surface area (Å²) in [5, 5.41) is 11.0. The first-order chi connectivity index (χ1) is 9.10. The molecule has 0 aliphatic carbocycles. The average molecular weight is 279 g/mol. The van der Waals surface area contributed by atoms with Gasteiger partial charge >= 0.3 is 5.97 Å². The number of ether oxygens (including phenoxy) is 1. The first-order valence-electron chi connectivity index (χ1n) is 5.20. The lowest BCUT2D eigenvalue weighted by Gasteiger charge is -1.98. The number of rotatable bonds is 4. The molecule has 0 amide bonds. The van der Waals surface area contributed by atoms with E-state index in [0.29, 0.717) is 5.09 Å². The molecule has 0 unspecified atom stereocenters. The van der Waals surface area contributed by atoms with Gasteiger partial charge in [-0.25, -0.2) is 4.79 Å². The summed E-state index contributed by atoms with van der Waals surface area (Å²) in [7, 11) is 1.27. The summed E-state index contributed by atoms with van der Waals surface area (Å²) in [6, 6.07) is 9.20. The highest BCUT2D eigenvalue weighted by Gasteiger charge is 2.12. The van der Waals surface area contributed by atoms with Crippen LogP contribution in [-0.4, -0.2) is 18.0 Å². The molecule has 0 radical (unpaired) electrons. The second-order valence-corrected chi connectivity index (χ2v) is 4.54. The molecule has 0 fully saturated rings. The van der Waals surface area contributed by atoms with Crippen LogP contribution in [0.25, 0.3) is 0 Å². The van der Waals surface area contributed by atoms with E-state index in [4.69, 9.17) is 4.42 Å². The zero-order valence-corrected chi connectivity index (χ0v) is 10.7. The van der Waals surface area contributed by atoms with Gasteiger partial charge < -0.3 is 9.15 Å². The lowest BCUT2D eigenvalue weighted by atomic mass is 10.3. The number of carbonyl (C=O) groups excluding carboxylic acids is 1. The highest BCUT2D eigenvalue weighted by atomic mass is 32.2. The number of esters is 1. The summed E-state index contributed by atoms with van der Waals surface area (Å²) in [6.07, 6.45) is 0. The Labute approximate surface area is 112 Å². The largest absolute Gasteiger partial charge is 0.463 e. The molecule has 1 aromatic heterocycles. The highest BCUT2D eigenvalue weighted by molar-refractivity contribution is 7.99. The Morgan fingerprint density at radius 1 is 1.26 bits per heavy atom. The Bertz CT molecular complexity index is 605. The summed E-state index contributed by atoms with van der Waals surface area (Å²) >= 11 is 1.26. The minimum absolute atomic E-state index is 0.0269. The average Bonchev–Trinajstić information content (AvgIpc) is 2.87. The molecule has 6 nitrogen and oxygen atoms in total. The Kier molecular flexibility index (Phi) is 3.86. The van der Waals surface area contributed by atoms with E-state index in [-0.39, 0.29) is 11.4 Å². The van der Waals surface area contributed by atoms with Crippen molar-refractivity contribution in [3.05, 3.63) is 52.3 Å². The van der Waals surface area contributed by atoms with Gasteiger partial charge in [-0.05, 0) is 24.3 Å². The van der Waals surface area contributed by atoms with Crippen molar-refractivity contribution in [3.63, 3.8) is 0 Å². The number of nitro benzene ring substituents is 1. The van der Waals surface area contributed by atoms with E-state index in [1.165, 1.54) is 37.1 Å². The summed E-state index contributed by atoms with van der Waals surface area (Å²) in [5.74, 6) is -0.428. The predicted molar refractivity (Wildman–Crippen MR) is 67.3 cm³/mol. The number of nitro groups is 1. The number of carbonyl (C=O) groups is 1. The third-order valence-corrected chi connectivity index (χ3v) is 3.16. The molecule has 0 bridgehead atoms. The van der Waals surface area contributed by atoms with Gasteiger partial charge in [0.25, 0.3) is 5.69 Å². The van der Waals surface area contributed by atoms with E-state index < -0.39 is 10.9 Å². The normalized spacial score (nSPS) is 10.2. The molecule has 0 atom stereocenters. The first-order valence-corrected chi connectivity index (χ1v) is 6.02. The Hall–Kier alpha value is -2.28. The molecule has 1 aromatic carbocycles. The van der Waals surface area contributed by atoms with Crippen molar-refractivity contribution in [2.24, 2.45) is 0 Å². The minimum atomic E-state index is -0.546. The van der Waals surface area contributed by atoms with Gasteiger partial charge in [-0.3, -0.25) is 10.1 Å². The number of methoxy groups -OCH3 is 1. The SMILES string of the molecule is COC(=O)c1ccc(Sc2ccc([N+](=O)[O-])cc2)o1. The lowest BCUT2D eigenvalue weighted by molar-refractivity contribution is -0.384. The van der Waals surface area contributed by atoms with Gasteiger partial charge in [-0.2, -0.15) is 0 Å². The van der Waals surface area contributed by atoms with Crippen LogP contribution in [0.4, 0.5) is 5.69 Å². The van der Waals surface area contributed by atoms with E-state index in [2.05, 4.69) is 4.74 Å². The van der Waals surface area contributed by atoms with Crippen LogP contribution in [0, 0.1) is 10.1 Å². The molecule has 2 aromatic rings. The van der Waals surface area contributed by atoms with E-state index in [1.54, 1.807) is 18.2 Å². The van der Waals surface area contributed by atoms with Gasteiger partial charge in [-0.1, -0.05) is 11.8 Å². The minimum Gasteiger partial charge on any atom is -0.463 e. The molecule has 0 saturated heterocycles. The topological polar surface area (TPSA) is 82.6 Å². The fourth-order valence-corrected chi connectivity index (χ4v) is 2.11. The van der Waals surface area contributed by atoms with E-state index in [1.807, 2.05) is 0 Å². The molecule has 19 heavy (non-hydrogen) atoms. The molecule has 2 rings (SSSR count). The molecule has 98 valence electrons. The van der Waals surface area contributed by atoms with Gasteiger partial charge in [-0.15, -0.1) is 0 Å². The van der Waals surface area contributed by atoms with E-state index in [0.717, 1.165) is 4.90 Å². The maximum atomic E-state index is 11.2. The maximum Gasteiger partial charge on any atom is 0.374 e. The molecular weight excluding hydrogens is 270 g/mol.